The summed E-state index contributed by atoms with van der Waals surface area (Å²) in [6, 6.07) is 8.61. The third-order valence-corrected chi connectivity index (χ3v) is 3.58. The summed E-state index contributed by atoms with van der Waals surface area (Å²) in [7, 11) is 0. The number of hydrogen-bond acceptors (Lipinski definition) is 2. The van der Waals surface area contributed by atoms with Crippen molar-refractivity contribution in [2.45, 2.75) is 20.4 Å². The highest BCUT2D eigenvalue weighted by Crippen LogP contribution is 2.29. The average molecular weight is 324 g/mol. The number of anilines is 1. The molecule has 0 amide bonds. The minimum absolute atomic E-state index is 0.295. The van der Waals surface area contributed by atoms with Gasteiger partial charge in [0.25, 0.3) is 0 Å². The Morgan fingerprint density at radius 3 is 2.68 bits per heavy atom. The fourth-order valence-corrected chi connectivity index (χ4v) is 2.84. The summed E-state index contributed by atoms with van der Waals surface area (Å²) >= 11 is 3.51. The number of aromatic hydroxyl groups is 1. The molecule has 0 atom stereocenters. The van der Waals surface area contributed by atoms with Crippen LogP contribution in [0.15, 0.2) is 34.8 Å². The lowest BCUT2D eigenvalue weighted by Crippen LogP contribution is -2.03. The maximum atomic E-state index is 13.2. The minimum atomic E-state index is -0.598. The third-order valence-electron chi connectivity index (χ3n) is 2.96. The van der Waals surface area contributed by atoms with Crippen molar-refractivity contribution >= 4 is 21.6 Å². The fraction of sp³-hybridized carbons (Fsp3) is 0.200. The molecule has 19 heavy (non-hydrogen) atoms. The van der Waals surface area contributed by atoms with Gasteiger partial charge >= 0.3 is 0 Å². The zero-order valence-electron chi connectivity index (χ0n) is 10.8. The molecule has 0 radical (unpaired) electrons. The van der Waals surface area contributed by atoms with Gasteiger partial charge in [0.05, 0.1) is 5.69 Å². The first-order valence-electron chi connectivity index (χ1n) is 5.96. The van der Waals surface area contributed by atoms with E-state index in [1.54, 1.807) is 12.1 Å². The summed E-state index contributed by atoms with van der Waals surface area (Å²) in [5.41, 5.74) is 3.76. The monoisotopic (exact) mass is 323 g/mol. The van der Waals surface area contributed by atoms with Crippen LogP contribution in [-0.2, 0) is 6.54 Å². The molecule has 2 aromatic rings. The largest absolute Gasteiger partial charge is 0.505 e. The van der Waals surface area contributed by atoms with E-state index >= 15 is 0 Å². The molecule has 2 nitrogen and oxygen atoms in total. The Bertz CT molecular complexity index is 590. The van der Waals surface area contributed by atoms with Gasteiger partial charge in [0.1, 0.15) is 0 Å². The number of para-hydroxylation sites is 1. The van der Waals surface area contributed by atoms with Crippen LogP contribution in [0.4, 0.5) is 10.1 Å². The third kappa shape index (κ3) is 3.07. The predicted molar refractivity (Wildman–Crippen MR) is 79.0 cm³/mol. The zero-order valence-corrected chi connectivity index (χ0v) is 12.4. The highest BCUT2D eigenvalue weighted by molar-refractivity contribution is 9.10. The van der Waals surface area contributed by atoms with Crippen LogP contribution in [0, 0.1) is 19.7 Å². The van der Waals surface area contributed by atoms with E-state index in [9.17, 15) is 9.50 Å². The smallest absolute Gasteiger partial charge is 0.165 e. The summed E-state index contributed by atoms with van der Waals surface area (Å²) in [5, 5.41) is 12.9. The maximum Gasteiger partial charge on any atom is 0.165 e. The van der Waals surface area contributed by atoms with Crippen molar-refractivity contribution in [2.24, 2.45) is 0 Å². The molecule has 0 saturated carbocycles. The first-order valence-corrected chi connectivity index (χ1v) is 6.75. The Morgan fingerprint density at radius 2 is 2.00 bits per heavy atom. The second-order valence-corrected chi connectivity index (χ2v) is 5.39. The summed E-state index contributed by atoms with van der Waals surface area (Å²) in [5.74, 6) is -0.894. The van der Waals surface area contributed by atoms with Crippen molar-refractivity contribution in [3.63, 3.8) is 0 Å². The highest BCUT2D eigenvalue weighted by atomic mass is 79.9. The van der Waals surface area contributed by atoms with Crippen molar-refractivity contribution < 1.29 is 9.50 Å². The summed E-state index contributed by atoms with van der Waals surface area (Å²) < 4.78 is 14.2. The quantitative estimate of drug-likeness (QED) is 0.870. The number of nitrogens with one attached hydrogen (secondary N) is 1. The number of benzene rings is 2. The van der Waals surface area contributed by atoms with Crippen molar-refractivity contribution in [3.8, 4) is 5.75 Å². The Balaban J connectivity index is 2.22. The Labute approximate surface area is 120 Å². The minimum Gasteiger partial charge on any atom is -0.505 e. The molecule has 0 aliphatic heterocycles. The van der Waals surface area contributed by atoms with E-state index in [0.717, 1.165) is 15.7 Å². The van der Waals surface area contributed by atoms with Crippen LogP contribution in [0.2, 0.25) is 0 Å². The van der Waals surface area contributed by atoms with Gasteiger partial charge in [0.2, 0.25) is 0 Å². The van der Waals surface area contributed by atoms with Gasteiger partial charge in [-0.25, -0.2) is 4.39 Å². The number of rotatable bonds is 3. The Morgan fingerprint density at radius 1 is 1.26 bits per heavy atom. The average Bonchev–Trinajstić information content (AvgIpc) is 2.33. The molecule has 0 aliphatic rings. The van der Waals surface area contributed by atoms with E-state index in [4.69, 9.17) is 0 Å². The van der Waals surface area contributed by atoms with Gasteiger partial charge in [0.15, 0.2) is 11.6 Å². The van der Waals surface area contributed by atoms with Crippen LogP contribution in [0.5, 0.6) is 5.75 Å². The van der Waals surface area contributed by atoms with Crippen molar-refractivity contribution in [3.05, 3.63) is 57.3 Å². The zero-order chi connectivity index (χ0) is 14.0. The number of aryl methyl sites for hydroxylation is 2. The van der Waals surface area contributed by atoms with Crippen LogP contribution in [0.25, 0.3) is 0 Å². The van der Waals surface area contributed by atoms with E-state index in [1.165, 1.54) is 11.6 Å². The lowest BCUT2D eigenvalue weighted by atomic mass is 10.1. The molecule has 0 saturated heterocycles. The molecule has 0 unspecified atom stereocenters. The molecule has 0 aromatic heterocycles. The molecule has 2 rings (SSSR count). The Kier molecular flexibility index (Phi) is 4.10. The van der Waals surface area contributed by atoms with Crippen LogP contribution in [-0.4, -0.2) is 5.11 Å². The van der Waals surface area contributed by atoms with Gasteiger partial charge in [0, 0.05) is 16.6 Å². The molecular weight excluding hydrogens is 309 g/mol. The first-order chi connectivity index (χ1) is 8.99. The molecule has 2 aromatic carbocycles. The molecule has 4 heteroatoms. The first kappa shape index (κ1) is 13.9. The van der Waals surface area contributed by atoms with Gasteiger partial charge in [-0.2, -0.15) is 0 Å². The van der Waals surface area contributed by atoms with Gasteiger partial charge < -0.3 is 10.4 Å². The normalized spacial score (nSPS) is 10.5. The molecular formula is C15H15BrFNO. The van der Waals surface area contributed by atoms with Gasteiger partial charge in [-0.05, 0) is 53.0 Å². The van der Waals surface area contributed by atoms with Crippen LogP contribution in [0.3, 0.4) is 0 Å². The van der Waals surface area contributed by atoms with Crippen LogP contribution in [0.1, 0.15) is 16.7 Å². The van der Waals surface area contributed by atoms with E-state index < -0.39 is 5.82 Å². The number of phenols is 1. The van der Waals surface area contributed by atoms with Gasteiger partial charge in [-0.15, -0.1) is 0 Å². The molecule has 0 heterocycles. The number of halogens is 2. The molecule has 0 bridgehead atoms. The summed E-state index contributed by atoms with van der Waals surface area (Å²) in [6.45, 7) is 4.40. The SMILES string of the molecule is Cc1cc(C)c(NCc2cccc(F)c2O)c(Br)c1. The standard InChI is InChI=1S/C15H15BrFNO/c1-9-6-10(2)14(12(16)7-9)18-8-11-4-3-5-13(17)15(11)19/h3-7,18-19H,8H2,1-2H3. The number of phenolic OH excluding ortho intramolecular Hbond substituents is 1. The van der Waals surface area contributed by atoms with E-state index in [1.807, 2.05) is 19.9 Å². The topological polar surface area (TPSA) is 32.3 Å². The summed E-state index contributed by atoms with van der Waals surface area (Å²) in [4.78, 5) is 0. The lowest BCUT2D eigenvalue weighted by Gasteiger charge is -2.13. The van der Waals surface area contributed by atoms with E-state index in [0.29, 0.717) is 12.1 Å². The molecule has 100 valence electrons. The molecule has 0 aliphatic carbocycles. The van der Waals surface area contributed by atoms with Crippen molar-refractivity contribution in [1.29, 1.82) is 0 Å². The highest BCUT2D eigenvalue weighted by Gasteiger charge is 2.08. The van der Waals surface area contributed by atoms with Gasteiger partial charge in [-0.1, -0.05) is 18.2 Å². The fourth-order valence-electron chi connectivity index (χ4n) is 2.03. The lowest BCUT2D eigenvalue weighted by molar-refractivity contribution is 0.427. The van der Waals surface area contributed by atoms with Crippen molar-refractivity contribution in [2.75, 3.05) is 5.32 Å². The van der Waals surface area contributed by atoms with E-state index in [-0.39, 0.29) is 5.75 Å². The summed E-state index contributed by atoms with van der Waals surface area (Å²) in [6.07, 6.45) is 0. The van der Waals surface area contributed by atoms with Crippen LogP contribution >= 0.6 is 15.9 Å². The second-order valence-electron chi connectivity index (χ2n) is 4.54. The van der Waals surface area contributed by atoms with E-state index in [2.05, 4.69) is 27.3 Å². The second kappa shape index (κ2) is 5.61. The van der Waals surface area contributed by atoms with Crippen LogP contribution < -0.4 is 5.32 Å². The maximum absolute atomic E-state index is 13.2. The molecule has 0 spiro atoms. The molecule has 2 N–H and O–H groups in total. The van der Waals surface area contributed by atoms with Gasteiger partial charge in [-0.3, -0.25) is 0 Å². The van der Waals surface area contributed by atoms with Crippen molar-refractivity contribution in [1.82, 2.24) is 0 Å². The predicted octanol–water partition coefficient (Wildman–Crippen LogP) is 4.52. The molecule has 0 fully saturated rings. The Hall–Kier alpha value is -1.55. The number of hydrogen-bond donors (Lipinski definition) is 2.